The molecule has 0 spiro atoms. The van der Waals surface area contributed by atoms with Gasteiger partial charge in [0.2, 0.25) is 0 Å². The third-order valence-electron chi connectivity index (χ3n) is 2.07. The zero-order valence-electron chi connectivity index (χ0n) is 8.03. The minimum absolute atomic E-state index is 1.07. The first-order chi connectivity index (χ1) is 6.18. The molecule has 2 heterocycles. The van der Waals surface area contributed by atoms with Crippen LogP contribution in [0.25, 0.3) is 5.13 Å². The molecule has 0 bridgehead atoms. The van der Waals surface area contributed by atoms with Crippen molar-refractivity contribution in [2.75, 3.05) is 0 Å². The molecule has 0 unspecified atom stereocenters. The van der Waals surface area contributed by atoms with E-state index in [4.69, 9.17) is 0 Å². The molecule has 0 aliphatic heterocycles. The maximum Gasteiger partial charge on any atom is 0.194 e. The summed E-state index contributed by atoms with van der Waals surface area (Å²) in [5.74, 6) is 0. The summed E-state index contributed by atoms with van der Waals surface area (Å²) in [5, 5.41) is 1.07. The quantitative estimate of drug-likeness (QED) is 0.679. The van der Waals surface area contributed by atoms with Gasteiger partial charge < -0.3 is 0 Å². The van der Waals surface area contributed by atoms with Gasteiger partial charge in [-0.05, 0) is 32.9 Å². The normalized spacial score (nSPS) is 10.7. The number of hydrogen-bond acceptors (Lipinski definition) is 2. The highest BCUT2D eigenvalue weighted by atomic mass is 32.1. The van der Waals surface area contributed by atoms with Gasteiger partial charge in [-0.1, -0.05) is 0 Å². The Hall–Kier alpha value is -1.09. The first-order valence-electron chi connectivity index (χ1n) is 4.26. The molecule has 2 aromatic heterocycles. The number of rotatable bonds is 1. The largest absolute Gasteiger partial charge is 0.295 e. The smallest absolute Gasteiger partial charge is 0.194 e. The minimum Gasteiger partial charge on any atom is -0.295 e. The average molecular weight is 192 g/mol. The summed E-state index contributed by atoms with van der Waals surface area (Å²) in [5.41, 5.74) is 2.48. The van der Waals surface area contributed by atoms with Gasteiger partial charge >= 0.3 is 0 Å². The van der Waals surface area contributed by atoms with Gasteiger partial charge in [0.1, 0.15) is 0 Å². The zero-order chi connectivity index (χ0) is 9.42. The highest BCUT2D eigenvalue weighted by molar-refractivity contribution is 7.14. The van der Waals surface area contributed by atoms with E-state index in [1.54, 1.807) is 11.3 Å². The molecular formula is C10H12N2S. The van der Waals surface area contributed by atoms with Crippen molar-refractivity contribution in [2.24, 2.45) is 0 Å². The predicted octanol–water partition coefficient (Wildman–Crippen LogP) is 2.86. The Morgan fingerprint density at radius 1 is 1.15 bits per heavy atom. The second-order valence-corrected chi connectivity index (χ2v) is 4.42. The van der Waals surface area contributed by atoms with Crippen LogP contribution in [0, 0.1) is 20.8 Å². The lowest BCUT2D eigenvalue weighted by Crippen LogP contribution is -1.96. The van der Waals surface area contributed by atoms with Crippen molar-refractivity contribution in [1.29, 1.82) is 0 Å². The molecule has 0 N–H and O–H groups in total. The second-order valence-electron chi connectivity index (χ2n) is 3.20. The highest BCUT2D eigenvalue weighted by Gasteiger charge is 2.06. The van der Waals surface area contributed by atoms with Crippen LogP contribution < -0.4 is 0 Å². The van der Waals surface area contributed by atoms with Gasteiger partial charge in [0.25, 0.3) is 0 Å². The van der Waals surface area contributed by atoms with Gasteiger partial charge in [-0.2, -0.15) is 0 Å². The van der Waals surface area contributed by atoms with Crippen molar-refractivity contribution in [1.82, 2.24) is 9.55 Å². The van der Waals surface area contributed by atoms with Gasteiger partial charge in [0, 0.05) is 22.5 Å². The summed E-state index contributed by atoms with van der Waals surface area (Å²) < 4.78 is 2.18. The molecule has 0 radical (unpaired) electrons. The van der Waals surface area contributed by atoms with Gasteiger partial charge in [-0.15, -0.1) is 11.3 Å². The van der Waals surface area contributed by atoms with Gasteiger partial charge in [-0.3, -0.25) is 4.57 Å². The molecule has 0 aromatic carbocycles. The highest BCUT2D eigenvalue weighted by Crippen LogP contribution is 2.20. The summed E-state index contributed by atoms with van der Waals surface area (Å²) in [7, 11) is 0. The summed E-state index contributed by atoms with van der Waals surface area (Å²) in [6, 6.07) is 4.23. The molecule has 0 saturated carbocycles. The second kappa shape index (κ2) is 3.00. The van der Waals surface area contributed by atoms with Crippen molar-refractivity contribution in [3.8, 4) is 5.13 Å². The van der Waals surface area contributed by atoms with E-state index < -0.39 is 0 Å². The summed E-state index contributed by atoms with van der Waals surface area (Å²) >= 11 is 1.73. The van der Waals surface area contributed by atoms with Gasteiger partial charge in [0.15, 0.2) is 5.13 Å². The first kappa shape index (κ1) is 8.51. The molecule has 68 valence electrons. The fraction of sp³-hybridized carbons (Fsp3) is 0.300. The molecule has 0 saturated heterocycles. The predicted molar refractivity (Wildman–Crippen MR) is 55.7 cm³/mol. The van der Waals surface area contributed by atoms with Crippen LogP contribution in [0.2, 0.25) is 0 Å². The maximum atomic E-state index is 4.36. The number of aryl methyl sites for hydroxylation is 3. The van der Waals surface area contributed by atoms with Gasteiger partial charge in [-0.25, -0.2) is 4.98 Å². The van der Waals surface area contributed by atoms with Gasteiger partial charge in [0.05, 0.1) is 0 Å². The molecule has 0 fully saturated rings. The van der Waals surface area contributed by atoms with E-state index in [2.05, 4.69) is 42.5 Å². The average Bonchev–Trinajstić information content (AvgIpc) is 2.60. The van der Waals surface area contributed by atoms with Crippen LogP contribution in [-0.4, -0.2) is 9.55 Å². The van der Waals surface area contributed by atoms with Crippen molar-refractivity contribution >= 4 is 11.3 Å². The third-order valence-corrected chi connectivity index (χ3v) is 2.97. The summed E-state index contributed by atoms with van der Waals surface area (Å²) in [6.45, 7) is 6.28. The van der Waals surface area contributed by atoms with Crippen molar-refractivity contribution < 1.29 is 0 Å². The molecule has 2 nitrogen and oxygen atoms in total. The molecule has 2 rings (SSSR count). The third kappa shape index (κ3) is 1.40. The molecule has 0 aliphatic carbocycles. The van der Waals surface area contributed by atoms with E-state index >= 15 is 0 Å². The van der Waals surface area contributed by atoms with Crippen molar-refractivity contribution in [3.05, 3.63) is 34.6 Å². The van der Waals surface area contributed by atoms with Crippen molar-refractivity contribution in [2.45, 2.75) is 20.8 Å². The Morgan fingerprint density at radius 3 is 2.23 bits per heavy atom. The van der Waals surface area contributed by atoms with E-state index in [-0.39, 0.29) is 0 Å². The number of hydrogen-bond donors (Lipinski definition) is 0. The van der Waals surface area contributed by atoms with E-state index in [1.807, 2.05) is 6.20 Å². The monoisotopic (exact) mass is 192 g/mol. The summed E-state index contributed by atoms with van der Waals surface area (Å²) in [4.78, 5) is 5.61. The van der Waals surface area contributed by atoms with Crippen LogP contribution >= 0.6 is 11.3 Å². The molecule has 0 atom stereocenters. The van der Waals surface area contributed by atoms with Crippen LogP contribution in [0.3, 0.4) is 0 Å². The lowest BCUT2D eigenvalue weighted by Gasteiger charge is -2.03. The molecule has 13 heavy (non-hydrogen) atoms. The summed E-state index contributed by atoms with van der Waals surface area (Å²) in [6.07, 6.45) is 1.92. The Bertz CT molecular complexity index is 406. The lowest BCUT2D eigenvalue weighted by molar-refractivity contribution is 0.950. The van der Waals surface area contributed by atoms with Crippen molar-refractivity contribution in [3.63, 3.8) is 0 Å². The SMILES string of the molecule is Cc1cnc(-n2c(C)ccc2C)s1. The van der Waals surface area contributed by atoms with Crippen LogP contribution in [-0.2, 0) is 0 Å². The molecule has 3 heteroatoms. The van der Waals surface area contributed by atoms with Crippen LogP contribution in [0.15, 0.2) is 18.3 Å². The topological polar surface area (TPSA) is 17.8 Å². The van der Waals surface area contributed by atoms with Crippen LogP contribution in [0.5, 0.6) is 0 Å². The number of thiazole rings is 1. The molecular weight excluding hydrogens is 180 g/mol. The molecule has 0 amide bonds. The lowest BCUT2D eigenvalue weighted by atomic mass is 10.5. The fourth-order valence-electron chi connectivity index (χ4n) is 1.42. The standard InChI is InChI=1S/C10H12N2S/c1-7-4-5-8(2)12(7)10-11-6-9(3)13-10/h4-6H,1-3H3. The van der Waals surface area contributed by atoms with Crippen LogP contribution in [0.1, 0.15) is 16.3 Å². The van der Waals surface area contributed by atoms with E-state index in [0.717, 1.165) is 5.13 Å². The first-order valence-corrected chi connectivity index (χ1v) is 5.08. The maximum absolute atomic E-state index is 4.36. The minimum atomic E-state index is 1.07. The Balaban J connectivity index is 2.57. The van der Waals surface area contributed by atoms with E-state index in [0.29, 0.717) is 0 Å². The fourth-order valence-corrected chi connectivity index (χ4v) is 2.29. The Labute approximate surface area is 81.9 Å². The number of nitrogens with zero attached hydrogens (tertiary/aromatic N) is 2. The molecule has 2 aromatic rings. The Kier molecular flexibility index (Phi) is 1.96. The van der Waals surface area contributed by atoms with E-state index in [9.17, 15) is 0 Å². The molecule has 0 aliphatic rings. The Morgan fingerprint density at radius 2 is 1.77 bits per heavy atom. The zero-order valence-corrected chi connectivity index (χ0v) is 8.85. The number of aromatic nitrogens is 2. The van der Waals surface area contributed by atoms with Crippen LogP contribution in [0.4, 0.5) is 0 Å². The van der Waals surface area contributed by atoms with E-state index in [1.165, 1.54) is 16.3 Å².